The second kappa shape index (κ2) is 8.36. The van der Waals surface area contributed by atoms with E-state index in [9.17, 15) is 15.0 Å². The van der Waals surface area contributed by atoms with Crippen LogP contribution < -0.4 is 5.32 Å². The number of aliphatic hydroxyl groups excluding tert-OH is 2. The van der Waals surface area contributed by atoms with Crippen molar-refractivity contribution in [3.63, 3.8) is 0 Å². The number of nitrogens with one attached hydrogen (secondary N) is 1. The predicted molar refractivity (Wildman–Crippen MR) is 110 cm³/mol. The lowest BCUT2D eigenvalue weighted by molar-refractivity contribution is -0.115. The maximum absolute atomic E-state index is 12.4. The van der Waals surface area contributed by atoms with Crippen LogP contribution in [0.3, 0.4) is 0 Å². The molecule has 0 aromatic carbocycles. The maximum Gasteiger partial charge on any atom is 0.298 e. The molecule has 0 aromatic heterocycles. The van der Waals surface area contributed by atoms with Crippen molar-refractivity contribution in [2.24, 2.45) is 5.92 Å². The van der Waals surface area contributed by atoms with E-state index < -0.39 is 11.7 Å². The van der Waals surface area contributed by atoms with E-state index in [1.165, 1.54) is 31.8 Å². The van der Waals surface area contributed by atoms with Gasteiger partial charge < -0.3 is 29.7 Å². The summed E-state index contributed by atoms with van der Waals surface area (Å²) in [6.07, 6.45) is 9.95. The number of fused-ring (bicyclic) bond motifs is 4. The smallest absolute Gasteiger partial charge is 0.298 e. The summed E-state index contributed by atoms with van der Waals surface area (Å²) < 4.78 is 16.8. The van der Waals surface area contributed by atoms with Crippen LogP contribution in [0.4, 0.5) is 0 Å². The zero-order valence-electron chi connectivity index (χ0n) is 18.0. The Labute approximate surface area is 177 Å². The van der Waals surface area contributed by atoms with Gasteiger partial charge in [0.25, 0.3) is 5.95 Å². The summed E-state index contributed by atoms with van der Waals surface area (Å²) in [5, 5.41) is 23.0. The van der Waals surface area contributed by atoms with Crippen molar-refractivity contribution in [2.75, 3.05) is 0 Å². The van der Waals surface area contributed by atoms with Crippen LogP contribution >= 0.6 is 0 Å². The highest BCUT2D eigenvalue weighted by Gasteiger charge is 2.78. The summed E-state index contributed by atoms with van der Waals surface area (Å²) in [5.74, 6) is -0.147. The molecule has 3 fully saturated rings. The first-order valence-corrected chi connectivity index (χ1v) is 11.1. The number of carbonyl (C=O) groups is 1. The molecule has 30 heavy (non-hydrogen) atoms. The fourth-order valence-corrected chi connectivity index (χ4v) is 4.83. The number of epoxide rings is 2. The molecular weight excluding hydrogens is 386 g/mol. The van der Waals surface area contributed by atoms with Crippen molar-refractivity contribution in [1.29, 1.82) is 0 Å². The fraction of sp³-hybridized carbons (Fsp3) is 0.696. The average molecular weight is 420 g/mol. The van der Waals surface area contributed by atoms with Crippen molar-refractivity contribution < 1.29 is 29.2 Å². The van der Waals surface area contributed by atoms with Crippen LogP contribution in [0.2, 0.25) is 0 Å². The van der Waals surface area contributed by atoms with Crippen molar-refractivity contribution in [1.82, 2.24) is 5.32 Å². The molecule has 1 aliphatic carbocycles. The third-order valence-electron chi connectivity index (χ3n) is 6.52. The van der Waals surface area contributed by atoms with Gasteiger partial charge in [-0.15, -0.1) is 0 Å². The van der Waals surface area contributed by atoms with E-state index in [-0.39, 0.29) is 42.7 Å². The highest BCUT2D eigenvalue weighted by Crippen LogP contribution is 2.58. The summed E-state index contributed by atoms with van der Waals surface area (Å²) in [6, 6.07) is 0. The first kappa shape index (κ1) is 21.4. The average Bonchev–Trinajstić information content (AvgIpc) is 3.60. The van der Waals surface area contributed by atoms with Crippen LogP contribution in [-0.4, -0.2) is 52.2 Å². The van der Waals surface area contributed by atoms with Crippen molar-refractivity contribution in [2.45, 2.75) is 95.4 Å². The molecule has 1 saturated carbocycles. The van der Waals surface area contributed by atoms with Crippen molar-refractivity contribution in [3.05, 3.63) is 35.4 Å². The van der Waals surface area contributed by atoms with Gasteiger partial charge in [0, 0.05) is 12.5 Å². The molecule has 3 N–H and O–H groups in total. The maximum atomic E-state index is 12.4. The minimum atomic E-state index is -0.853. The van der Waals surface area contributed by atoms with E-state index in [0.717, 1.165) is 12.0 Å². The Hall–Kier alpha value is -1.83. The molecule has 0 radical (unpaired) electrons. The number of unbranched alkanes of at least 4 members (excludes halogenated alkanes) is 3. The van der Waals surface area contributed by atoms with E-state index in [2.05, 4.69) is 25.2 Å². The van der Waals surface area contributed by atoms with Gasteiger partial charge >= 0.3 is 0 Å². The number of ether oxygens (including phenoxy) is 3. The van der Waals surface area contributed by atoms with Crippen LogP contribution in [0.1, 0.15) is 59.3 Å². The van der Waals surface area contributed by atoms with Gasteiger partial charge in [-0.05, 0) is 19.3 Å². The Morgan fingerprint density at radius 1 is 1.23 bits per heavy atom. The molecule has 0 aromatic rings. The molecule has 3 aliphatic heterocycles. The second-order valence-corrected chi connectivity index (χ2v) is 9.11. The highest BCUT2D eigenvalue weighted by molar-refractivity contribution is 5.89. The number of allylic oxidation sites excluding steroid dienone is 3. The largest absolute Gasteiger partial charge is 0.480 e. The molecule has 1 spiro atoms. The molecule has 3 heterocycles. The van der Waals surface area contributed by atoms with Crippen LogP contribution in [0.5, 0.6) is 0 Å². The summed E-state index contributed by atoms with van der Waals surface area (Å²) in [6.45, 7) is 6.39. The van der Waals surface area contributed by atoms with E-state index in [4.69, 9.17) is 14.2 Å². The predicted octanol–water partition coefficient (Wildman–Crippen LogP) is 3.01. The molecule has 7 heteroatoms. The fourth-order valence-electron chi connectivity index (χ4n) is 4.83. The van der Waals surface area contributed by atoms with Crippen molar-refractivity contribution in [3.8, 4) is 0 Å². The normalized spacial score (nSPS) is 37.7. The topological polar surface area (TPSA) is 104 Å². The van der Waals surface area contributed by atoms with Gasteiger partial charge in [-0.3, -0.25) is 4.79 Å². The van der Waals surface area contributed by atoms with Gasteiger partial charge in [-0.1, -0.05) is 57.3 Å². The number of amides is 1. The number of aliphatic hydroxyl groups is 2. The first-order chi connectivity index (χ1) is 14.4. The Morgan fingerprint density at radius 2 is 1.93 bits per heavy atom. The summed E-state index contributed by atoms with van der Waals surface area (Å²) in [5.41, 5.74) is 0.513. The van der Waals surface area contributed by atoms with Crippen LogP contribution in [0, 0.1) is 5.92 Å². The first-order valence-electron chi connectivity index (χ1n) is 11.1. The third kappa shape index (κ3) is 4.15. The molecule has 5 atom stereocenters. The Kier molecular flexibility index (Phi) is 5.97. The van der Waals surface area contributed by atoms with Gasteiger partial charge in [-0.2, -0.15) is 0 Å². The second-order valence-electron chi connectivity index (χ2n) is 9.11. The molecule has 166 valence electrons. The molecule has 2 saturated heterocycles. The van der Waals surface area contributed by atoms with E-state index in [1.807, 2.05) is 6.92 Å². The number of rotatable bonds is 9. The SMILES string of the molecule is CCCCCCC(C)C=C(C)C=CC(=O)NC1=C(O)OC2(C1)C1OC1C(O)C1OC12. The van der Waals surface area contributed by atoms with Crippen molar-refractivity contribution >= 4 is 5.91 Å². The van der Waals surface area contributed by atoms with E-state index in [0.29, 0.717) is 11.6 Å². The number of hydrogen-bond donors (Lipinski definition) is 3. The standard InChI is InChI=1S/C23H33NO6/c1-4-5-6-7-8-13(2)11-14(3)9-10-16(25)24-15-12-23(30-22(15)27)20-18(28-20)17(26)19-21(23)29-19/h9-11,13,17-21,26-27H,4-8,12H2,1-3H3,(H,24,25). The van der Waals surface area contributed by atoms with Gasteiger partial charge in [0.2, 0.25) is 5.91 Å². The Bertz CT molecular complexity index is 754. The van der Waals surface area contributed by atoms with Crippen LogP contribution in [0.15, 0.2) is 35.4 Å². The van der Waals surface area contributed by atoms with Gasteiger partial charge in [0.1, 0.15) is 36.2 Å². The van der Waals surface area contributed by atoms with Gasteiger partial charge in [0.05, 0.1) is 0 Å². The van der Waals surface area contributed by atoms with Crippen LogP contribution in [-0.2, 0) is 19.0 Å². The zero-order valence-corrected chi connectivity index (χ0v) is 18.0. The summed E-state index contributed by atoms with van der Waals surface area (Å²) >= 11 is 0. The third-order valence-corrected chi connectivity index (χ3v) is 6.52. The molecule has 5 unspecified atom stereocenters. The van der Waals surface area contributed by atoms with Crippen LogP contribution in [0.25, 0.3) is 0 Å². The molecular formula is C23H33NO6. The summed E-state index contributed by atoms with van der Waals surface area (Å²) in [4.78, 5) is 12.4. The summed E-state index contributed by atoms with van der Waals surface area (Å²) in [7, 11) is 0. The minimum Gasteiger partial charge on any atom is -0.480 e. The lowest BCUT2D eigenvalue weighted by atomic mass is 9.81. The van der Waals surface area contributed by atoms with Gasteiger partial charge in [-0.25, -0.2) is 0 Å². The quantitative estimate of drug-likeness (QED) is 0.230. The molecule has 7 nitrogen and oxygen atoms in total. The molecule has 0 bridgehead atoms. The lowest BCUT2D eigenvalue weighted by Crippen LogP contribution is -2.50. The molecule has 1 amide bonds. The molecule has 4 rings (SSSR count). The number of carbonyl (C=O) groups excluding carboxylic acids is 1. The van der Waals surface area contributed by atoms with E-state index >= 15 is 0 Å². The minimum absolute atomic E-state index is 0.289. The van der Waals surface area contributed by atoms with Gasteiger partial charge in [0.15, 0.2) is 5.60 Å². The zero-order chi connectivity index (χ0) is 21.5. The monoisotopic (exact) mass is 419 g/mol. The number of hydrogen-bond acceptors (Lipinski definition) is 6. The molecule has 4 aliphatic rings. The lowest BCUT2D eigenvalue weighted by Gasteiger charge is -2.28. The highest BCUT2D eigenvalue weighted by atomic mass is 16.7. The Balaban J connectivity index is 1.27. The van der Waals surface area contributed by atoms with E-state index in [1.54, 1.807) is 6.08 Å². The Morgan fingerprint density at radius 3 is 2.60 bits per heavy atom.